The Hall–Kier alpha value is -3.11. The van der Waals surface area contributed by atoms with Crippen molar-refractivity contribution in [3.05, 3.63) is 64.4 Å². The number of benzene rings is 1. The lowest BCUT2D eigenvalue weighted by Crippen LogP contribution is -2.32. The summed E-state index contributed by atoms with van der Waals surface area (Å²) in [4.78, 5) is 19.2. The Labute approximate surface area is 205 Å². The molecule has 4 rings (SSSR count). The lowest BCUT2D eigenvalue weighted by Gasteiger charge is -2.19. The first-order valence-electron chi connectivity index (χ1n) is 11.5. The van der Waals surface area contributed by atoms with Crippen molar-refractivity contribution in [1.29, 1.82) is 0 Å². The molecule has 0 saturated heterocycles. The predicted octanol–water partition coefficient (Wildman–Crippen LogP) is 3.09. The fourth-order valence-corrected chi connectivity index (χ4v) is 5.60. The number of nitrogens with one attached hydrogen (secondary N) is 1. The molecule has 8 nitrogen and oxygen atoms in total. The lowest BCUT2D eigenvalue weighted by atomic mass is 9.90. The number of rotatable bonds is 7. The fourth-order valence-electron chi connectivity index (χ4n) is 4.62. The number of carbonyl (C=O) groups excluding carboxylic acids is 1. The van der Waals surface area contributed by atoms with E-state index in [1.54, 1.807) is 19.3 Å². The SMILES string of the molecule is Cc1cc(-c2cc(F)c3c(c2CC(=O)NS(=O)(=O)c2cc(C(C)N(C)C)n(C)n2)CCC3)ccn1. The zero-order valence-electron chi connectivity index (χ0n) is 20.6. The van der Waals surface area contributed by atoms with Crippen molar-refractivity contribution in [2.24, 2.45) is 7.05 Å². The maximum Gasteiger partial charge on any atom is 0.283 e. The maximum atomic E-state index is 14.9. The molecule has 2 heterocycles. The first-order valence-corrected chi connectivity index (χ1v) is 13.0. The summed E-state index contributed by atoms with van der Waals surface area (Å²) in [7, 11) is 1.26. The molecule has 0 bridgehead atoms. The molecule has 1 unspecified atom stereocenters. The number of sulfonamides is 1. The Kier molecular flexibility index (Phi) is 6.79. The monoisotopic (exact) mass is 499 g/mol. The zero-order valence-corrected chi connectivity index (χ0v) is 21.4. The molecule has 1 aromatic carbocycles. The van der Waals surface area contributed by atoms with Crippen LogP contribution in [-0.2, 0) is 41.1 Å². The fraction of sp³-hybridized carbons (Fsp3) is 0.400. The number of amides is 1. The standard InChI is InChI=1S/C25H30FN5O3S/c1-15-11-17(9-10-27-15)20-12-22(26)19-8-6-7-18(19)21(20)13-24(32)29-35(33,34)25-14-23(31(5)28-25)16(2)30(3)4/h9-12,14,16H,6-8,13H2,1-5H3,(H,29,32). The van der Waals surface area contributed by atoms with E-state index in [0.717, 1.165) is 23.2 Å². The maximum absolute atomic E-state index is 14.9. The van der Waals surface area contributed by atoms with Crippen LogP contribution in [0.4, 0.5) is 4.39 Å². The minimum Gasteiger partial charge on any atom is -0.301 e. The number of pyridine rings is 1. The lowest BCUT2D eigenvalue weighted by molar-refractivity contribution is -0.118. The van der Waals surface area contributed by atoms with E-state index in [4.69, 9.17) is 0 Å². The molecule has 0 saturated carbocycles. The molecule has 0 spiro atoms. The Morgan fingerprint density at radius 3 is 2.63 bits per heavy atom. The zero-order chi connectivity index (χ0) is 25.5. The molecule has 0 fully saturated rings. The van der Waals surface area contributed by atoms with Crippen LogP contribution in [0.3, 0.4) is 0 Å². The summed E-state index contributed by atoms with van der Waals surface area (Å²) < 4.78 is 44.5. The number of hydrogen-bond acceptors (Lipinski definition) is 6. The number of aryl methyl sites for hydroxylation is 2. The van der Waals surface area contributed by atoms with Gasteiger partial charge in [0.25, 0.3) is 10.0 Å². The Balaban J connectivity index is 1.66. The number of nitrogens with zero attached hydrogens (tertiary/aromatic N) is 4. The Morgan fingerprint density at radius 2 is 1.94 bits per heavy atom. The summed E-state index contributed by atoms with van der Waals surface area (Å²) in [5, 5.41) is 3.90. The Morgan fingerprint density at radius 1 is 1.23 bits per heavy atom. The van der Waals surface area contributed by atoms with E-state index in [-0.39, 0.29) is 23.3 Å². The van der Waals surface area contributed by atoms with Crippen LogP contribution in [0.1, 0.15) is 47.5 Å². The van der Waals surface area contributed by atoms with E-state index in [1.165, 1.54) is 16.8 Å². The third-order valence-electron chi connectivity index (χ3n) is 6.63. The predicted molar refractivity (Wildman–Crippen MR) is 131 cm³/mol. The second-order valence-electron chi connectivity index (χ2n) is 9.26. The molecule has 186 valence electrons. The number of halogens is 1. The van der Waals surface area contributed by atoms with Gasteiger partial charge in [-0.25, -0.2) is 9.11 Å². The van der Waals surface area contributed by atoms with Crippen molar-refractivity contribution in [1.82, 2.24) is 24.4 Å². The van der Waals surface area contributed by atoms with Gasteiger partial charge in [0.2, 0.25) is 5.91 Å². The van der Waals surface area contributed by atoms with Crippen molar-refractivity contribution in [3.8, 4) is 11.1 Å². The van der Waals surface area contributed by atoms with Gasteiger partial charge in [0, 0.05) is 31.0 Å². The van der Waals surface area contributed by atoms with Crippen molar-refractivity contribution in [3.63, 3.8) is 0 Å². The van der Waals surface area contributed by atoms with Gasteiger partial charge in [0.05, 0.1) is 12.1 Å². The van der Waals surface area contributed by atoms with Crippen LogP contribution >= 0.6 is 0 Å². The first-order chi connectivity index (χ1) is 16.5. The third kappa shape index (κ3) is 4.99. The summed E-state index contributed by atoms with van der Waals surface area (Å²) in [6, 6.07) is 6.45. The first kappa shape index (κ1) is 25.0. The highest BCUT2D eigenvalue weighted by Gasteiger charge is 2.28. The minimum atomic E-state index is -4.18. The highest BCUT2D eigenvalue weighted by atomic mass is 32.2. The summed E-state index contributed by atoms with van der Waals surface area (Å²) in [5.74, 6) is -0.986. The average molecular weight is 500 g/mol. The summed E-state index contributed by atoms with van der Waals surface area (Å²) in [6.45, 7) is 3.77. The molecular formula is C25H30FN5O3S. The van der Waals surface area contributed by atoms with Gasteiger partial charge in [-0.1, -0.05) is 0 Å². The van der Waals surface area contributed by atoms with Crippen molar-refractivity contribution in [2.45, 2.75) is 50.6 Å². The molecule has 1 atom stereocenters. The van der Waals surface area contributed by atoms with Gasteiger partial charge in [0.1, 0.15) is 5.82 Å². The highest BCUT2D eigenvalue weighted by Crippen LogP contribution is 2.36. The third-order valence-corrected chi connectivity index (χ3v) is 7.88. The van der Waals surface area contributed by atoms with Gasteiger partial charge in [0.15, 0.2) is 5.03 Å². The molecule has 0 radical (unpaired) electrons. The number of hydrogen-bond donors (Lipinski definition) is 1. The quantitative estimate of drug-likeness (QED) is 0.537. The van der Waals surface area contributed by atoms with E-state index < -0.39 is 15.9 Å². The smallest absolute Gasteiger partial charge is 0.283 e. The average Bonchev–Trinajstić information content (AvgIpc) is 3.42. The van der Waals surface area contributed by atoms with Gasteiger partial charge < -0.3 is 4.90 Å². The Bertz CT molecular complexity index is 1400. The molecule has 3 aromatic rings. The van der Waals surface area contributed by atoms with E-state index in [9.17, 15) is 17.6 Å². The van der Waals surface area contributed by atoms with Crippen LogP contribution in [0.25, 0.3) is 11.1 Å². The number of aromatic nitrogens is 3. The van der Waals surface area contributed by atoms with E-state index in [2.05, 4.69) is 14.8 Å². The van der Waals surface area contributed by atoms with Crippen LogP contribution in [-0.4, -0.2) is 48.1 Å². The summed E-state index contributed by atoms with van der Waals surface area (Å²) >= 11 is 0. The van der Waals surface area contributed by atoms with Gasteiger partial charge in [-0.2, -0.15) is 13.5 Å². The molecule has 10 heteroatoms. The van der Waals surface area contributed by atoms with Gasteiger partial charge in [-0.15, -0.1) is 0 Å². The molecule has 1 amide bonds. The molecular weight excluding hydrogens is 469 g/mol. The molecule has 2 aromatic heterocycles. The van der Waals surface area contributed by atoms with Gasteiger partial charge in [-0.3, -0.25) is 14.5 Å². The number of fused-ring (bicyclic) bond motifs is 1. The van der Waals surface area contributed by atoms with Gasteiger partial charge in [-0.05, 0) is 93.2 Å². The van der Waals surface area contributed by atoms with Crippen LogP contribution in [0.5, 0.6) is 0 Å². The van der Waals surface area contributed by atoms with Crippen LogP contribution in [0.2, 0.25) is 0 Å². The summed E-state index contributed by atoms with van der Waals surface area (Å²) in [5.41, 5.74) is 4.85. The minimum absolute atomic E-state index is 0.0691. The second kappa shape index (κ2) is 9.50. The topological polar surface area (TPSA) is 97.2 Å². The molecule has 0 aliphatic heterocycles. The second-order valence-corrected chi connectivity index (χ2v) is 10.9. The largest absolute Gasteiger partial charge is 0.301 e. The van der Waals surface area contributed by atoms with Crippen LogP contribution in [0.15, 0.2) is 35.5 Å². The van der Waals surface area contributed by atoms with Crippen molar-refractivity contribution in [2.75, 3.05) is 14.1 Å². The summed E-state index contributed by atoms with van der Waals surface area (Å²) in [6.07, 6.45) is 3.48. The molecule has 1 aliphatic carbocycles. The van der Waals surface area contributed by atoms with Gasteiger partial charge >= 0.3 is 0 Å². The van der Waals surface area contributed by atoms with E-state index in [0.29, 0.717) is 35.2 Å². The highest BCUT2D eigenvalue weighted by molar-refractivity contribution is 7.90. The van der Waals surface area contributed by atoms with Crippen molar-refractivity contribution < 1.29 is 17.6 Å². The number of carbonyl (C=O) groups is 1. The van der Waals surface area contributed by atoms with E-state index >= 15 is 0 Å². The normalized spacial score (nSPS) is 14.3. The van der Waals surface area contributed by atoms with Crippen LogP contribution < -0.4 is 4.72 Å². The van der Waals surface area contributed by atoms with Crippen molar-refractivity contribution >= 4 is 15.9 Å². The van der Waals surface area contributed by atoms with E-state index in [1.807, 2.05) is 38.9 Å². The molecule has 35 heavy (non-hydrogen) atoms. The molecule has 1 N–H and O–H groups in total. The molecule has 1 aliphatic rings. The van der Waals surface area contributed by atoms with Crippen LogP contribution in [0, 0.1) is 12.7 Å².